The summed E-state index contributed by atoms with van der Waals surface area (Å²) in [6.45, 7) is 5.21. The molecule has 128 valence electrons. The van der Waals surface area contributed by atoms with Gasteiger partial charge in [0.05, 0.1) is 29.3 Å². The molecule has 1 saturated heterocycles. The Labute approximate surface area is 140 Å². The molecular weight excluding hydrogens is 312 g/mol. The fourth-order valence-electron chi connectivity index (χ4n) is 2.76. The van der Waals surface area contributed by atoms with Crippen LogP contribution in [0.2, 0.25) is 0 Å². The first-order valence-corrected chi connectivity index (χ1v) is 7.86. The first-order chi connectivity index (χ1) is 11.5. The minimum Gasteiger partial charge on any atom is -0.465 e. The Kier molecular flexibility index (Phi) is 6.09. The Morgan fingerprint density at radius 3 is 2.83 bits per heavy atom. The van der Waals surface area contributed by atoms with E-state index in [1.54, 1.807) is 13.0 Å². The average Bonchev–Trinajstić information content (AvgIpc) is 2.80. The number of anilines is 1. The van der Waals surface area contributed by atoms with Crippen LogP contribution in [0.5, 0.6) is 0 Å². The van der Waals surface area contributed by atoms with E-state index >= 15 is 0 Å². The average molecular weight is 332 g/mol. The van der Waals surface area contributed by atoms with E-state index in [9.17, 15) is 20.2 Å². The van der Waals surface area contributed by atoms with Gasteiger partial charge in [0.1, 0.15) is 6.07 Å². The molecule has 8 heteroatoms. The molecule has 0 atom stereocenters. The molecule has 0 bridgehead atoms. The van der Waals surface area contributed by atoms with E-state index in [0.717, 1.165) is 19.5 Å². The van der Waals surface area contributed by atoms with Crippen molar-refractivity contribution in [1.82, 2.24) is 4.90 Å². The van der Waals surface area contributed by atoms with Gasteiger partial charge in [0, 0.05) is 38.3 Å². The van der Waals surface area contributed by atoms with Gasteiger partial charge in [0.2, 0.25) is 0 Å². The number of hydrogen-bond acceptors (Lipinski definition) is 7. The topological polar surface area (TPSA) is 99.7 Å². The summed E-state index contributed by atoms with van der Waals surface area (Å²) in [5, 5.41) is 20.1. The molecule has 1 aromatic rings. The number of carbonyl (C=O) groups is 1. The van der Waals surface area contributed by atoms with Crippen LogP contribution in [0.4, 0.5) is 11.4 Å². The SMILES string of the molecule is CCOC(=O)CN1CCCN(c2ccc([N+](=O)[O-])cc2C#N)CC1. The largest absolute Gasteiger partial charge is 0.465 e. The van der Waals surface area contributed by atoms with E-state index in [-0.39, 0.29) is 18.2 Å². The maximum atomic E-state index is 11.6. The number of nitriles is 1. The molecule has 1 fully saturated rings. The summed E-state index contributed by atoms with van der Waals surface area (Å²) in [6, 6.07) is 6.37. The van der Waals surface area contributed by atoms with Gasteiger partial charge < -0.3 is 9.64 Å². The number of nitrogens with zero attached hydrogens (tertiary/aromatic N) is 4. The first-order valence-electron chi connectivity index (χ1n) is 7.86. The monoisotopic (exact) mass is 332 g/mol. The number of benzene rings is 1. The zero-order valence-corrected chi connectivity index (χ0v) is 13.6. The van der Waals surface area contributed by atoms with Crippen LogP contribution in [0.3, 0.4) is 0 Å². The van der Waals surface area contributed by atoms with E-state index in [1.165, 1.54) is 12.1 Å². The van der Waals surface area contributed by atoms with Crippen LogP contribution in [0.25, 0.3) is 0 Å². The van der Waals surface area contributed by atoms with Crippen LogP contribution in [0, 0.1) is 21.4 Å². The number of esters is 1. The molecule has 0 N–H and O–H groups in total. The van der Waals surface area contributed by atoms with E-state index in [0.29, 0.717) is 30.9 Å². The van der Waals surface area contributed by atoms with Crippen molar-refractivity contribution in [3.63, 3.8) is 0 Å². The third-order valence-corrected chi connectivity index (χ3v) is 3.90. The van der Waals surface area contributed by atoms with E-state index in [4.69, 9.17) is 4.74 Å². The summed E-state index contributed by atoms with van der Waals surface area (Å²) in [7, 11) is 0. The fourth-order valence-corrected chi connectivity index (χ4v) is 2.76. The summed E-state index contributed by atoms with van der Waals surface area (Å²) in [4.78, 5) is 26.0. The Bertz CT molecular complexity index is 656. The van der Waals surface area contributed by atoms with Gasteiger partial charge in [0.25, 0.3) is 5.69 Å². The Morgan fingerprint density at radius 2 is 2.17 bits per heavy atom. The third-order valence-electron chi connectivity index (χ3n) is 3.90. The van der Waals surface area contributed by atoms with Crippen molar-refractivity contribution < 1.29 is 14.5 Å². The molecule has 0 radical (unpaired) electrons. The number of carbonyl (C=O) groups excluding carboxylic acids is 1. The quantitative estimate of drug-likeness (QED) is 0.458. The Balaban J connectivity index is 2.07. The second kappa shape index (κ2) is 8.26. The number of nitro benzene ring substituents is 1. The zero-order valence-electron chi connectivity index (χ0n) is 13.6. The second-order valence-corrected chi connectivity index (χ2v) is 5.49. The Morgan fingerprint density at radius 1 is 1.38 bits per heavy atom. The molecule has 2 rings (SSSR count). The molecule has 1 aliphatic heterocycles. The minimum atomic E-state index is -0.506. The van der Waals surface area contributed by atoms with Gasteiger partial charge in [0.15, 0.2) is 0 Å². The number of nitro groups is 1. The highest BCUT2D eigenvalue weighted by Crippen LogP contribution is 2.25. The lowest BCUT2D eigenvalue weighted by Crippen LogP contribution is -2.35. The standard InChI is InChI=1S/C16H20N4O4/c1-2-24-16(21)12-18-6-3-7-19(9-8-18)15-5-4-14(20(22)23)10-13(15)11-17/h4-5,10H,2-3,6-9,12H2,1H3. The van der Waals surface area contributed by atoms with Gasteiger partial charge >= 0.3 is 5.97 Å². The van der Waals surface area contributed by atoms with Crippen LogP contribution >= 0.6 is 0 Å². The van der Waals surface area contributed by atoms with Crippen molar-refractivity contribution in [2.75, 3.05) is 44.2 Å². The number of hydrogen-bond donors (Lipinski definition) is 0. The summed E-state index contributed by atoms with van der Waals surface area (Å²) in [5.41, 5.74) is 0.901. The van der Waals surface area contributed by atoms with Crippen molar-refractivity contribution in [1.29, 1.82) is 5.26 Å². The smallest absolute Gasteiger partial charge is 0.320 e. The summed E-state index contributed by atoms with van der Waals surface area (Å²) >= 11 is 0. The molecule has 1 heterocycles. The molecule has 1 aliphatic rings. The van der Waals surface area contributed by atoms with Gasteiger partial charge in [-0.15, -0.1) is 0 Å². The lowest BCUT2D eigenvalue weighted by atomic mass is 10.1. The first kappa shape index (κ1) is 17.7. The van der Waals surface area contributed by atoms with E-state index in [2.05, 4.69) is 0 Å². The van der Waals surface area contributed by atoms with Crippen molar-refractivity contribution in [3.05, 3.63) is 33.9 Å². The minimum absolute atomic E-state index is 0.0888. The van der Waals surface area contributed by atoms with Crippen molar-refractivity contribution >= 4 is 17.3 Å². The van der Waals surface area contributed by atoms with Crippen LogP contribution in [-0.2, 0) is 9.53 Å². The number of non-ortho nitro benzene ring substituents is 1. The maximum absolute atomic E-state index is 11.6. The molecule has 8 nitrogen and oxygen atoms in total. The van der Waals surface area contributed by atoms with Crippen molar-refractivity contribution in [3.8, 4) is 6.07 Å². The van der Waals surface area contributed by atoms with Gasteiger partial charge in [-0.2, -0.15) is 5.26 Å². The molecule has 0 unspecified atom stereocenters. The summed E-state index contributed by atoms with van der Waals surface area (Å²) < 4.78 is 4.97. The maximum Gasteiger partial charge on any atom is 0.320 e. The molecule has 1 aromatic carbocycles. The third kappa shape index (κ3) is 4.43. The molecule has 0 spiro atoms. The number of ether oxygens (including phenoxy) is 1. The molecule has 0 saturated carbocycles. The van der Waals surface area contributed by atoms with E-state index < -0.39 is 4.92 Å². The molecule has 0 amide bonds. The highest BCUT2D eigenvalue weighted by Gasteiger charge is 2.20. The lowest BCUT2D eigenvalue weighted by molar-refractivity contribution is -0.384. The van der Waals surface area contributed by atoms with Gasteiger partial charge in [-0.25, -0.2) is 0 Å². The van der Waals surface area contributed by atoms with Gasteiger partial charge in [-0.3, -0.25) is 19.8 Å². The highest BCUT2D eigenvalue weighted by atomic mass is 16.6. The second-order valence-electron chi connectivity index (χ2n) is 5.49. The Hall–Kier alpha value is -2.66. The molecule has 0 aliphatic carbocycles. The molecular formula is C16H20N4O4. The predicted octanol–water partition coefficient (Wildman–Crippen LogP) is 1.54. The summed E-state index contributed by atoms with van der Waals surface area (Å²) in [5.74, 6) is -0.237. The summed E-state index contributed by atoms with van der Waals surface area (Å²) in [6.07, 6.45) is 0.835. The predicted molar refractivity (Wildman–Crippen MR) is 87.7 cm³/mol. The van der Waals surface area contributed by atoms with E-state index in [1.807, 2.05) is 15.9 Å². The zero-order chi connectivity index (χ0) is 17.5. The van der Waals surface area contributed by atoms with Crippen LogP contribution in [0.1, 0.15) is 18.9 Å². The van der Waals surface area contributed by atoms with Crippen LogP contribution in [-0.4, -0.2) is 55.1 Å². The van der Waals surface area contributed by atoms with Crippen molar-refractivity contribution in [2.45, 2.75) is 13.3 Å². The highest BCUT2D eigenvalue weighted by molar-refractivity contribution is 5.71. The van der Waals surface area contributed by atoms with Crippen LogP contribution in [0.15, 0.2) is 18.2 Å². The van der Waals surface area contributed by atoms with Crippen molar-refractivity contribution in [2.24, 2.45) is 0 Å². The molecule has 0 aromatic heterocycles. The molecule has 24 heavy (non-hydrogen) atoms. The van der Waals surface area contributed by atoms with Gasteiger partial charge in [-0.1, -0.05) is 0 Å². The fraction of sp³-hybridized carbons (Fsp3) is 0.500. The van der Waals surface area contributed by atoms with Crippen LogP contribution < -0.4 is 4.90 Å². The lowest BCUT2D eigenvalue weighted by Gasteiger charge is -2.24. The number of rotatable bonds is 5. The normalized spacial score (nSPS) is 15.4. The van der Waals surface area contributed by atoms with Gasteiger partial charge in [-0.05, 0) is 19.4 Å².